The lowest BCUT2D eigenvalue weighted by atomic mass is 9.98. The van der Waals surface area contributed by atoms with Crippen LogP contribution in [0.4, 0.5) is 0 Å². The molecule has 8 N–H and O–H groups in total. The first-order valence-electron chi connectivity index (χ1n) is 22.7. The molecule has 58 heavy (non-hydrogen) atoms. The standard InChI is InChI=1S/C47H83NO10/c1-3-5-7-9-11-13-15-17-19-21-23-25-27-29-31-33-35-40(51)46(56)48-38(37-57-47-45(55)44(54)43(53)41(36-49)58-47)42(52)39(50)34-32-30-28-26-24-22-20-18-16-14-12-10-8-6-4-2/h10-13,17-20,26,28,38-45,47,49-55H,3-9,14-16,21-25,27,29-37H2,1-2H3,(H,48,56)/b12-10+,13-11-,19-17-,20-18+,28-26+. The van der Waals surface area contributed by atoms with Gasteiger partial charge in [0.1, 0.15) is 36.6 Å². The molecule has 1 aliphatic rings. The van der Waals surface area contributed by atoms with Crippen LogP contribution in [0.15, 0.2) is 60.8 Å². The van der Waals surface area contributed by atoms with E-state index in [9.17, 15) is 40.5 Å². The Hall–Kier alpha value is -2.19. The summed E-state index contributed by atoms with van der Waals surface area (Å²) in [6.07, 6.45) is 32.6. The van der Waals surface area contributed by atoms with Crippen LogP contribution in [0, 0.1) is 0 Å². The van der Waals surface area contributed by atoms with Gasteiger partial charge in [-0.15, -0.1) is 0 Å². The van der Waals surface area contributed by atoms with Gasteiger partial charge in [0.05, 0.1) is 25.4 Å². The zero-order valence-corrected chi connectivity index (χ0v) is 36.0. The molecule has 0 saturated carbocycles. The molecule has 0 aromatic heterocycles. The topological polar surface area (TPSA) is 189 Å². The van der Waals surface area contributed by atoms with Crippen molar-refractivity contribution >= 4 is 5.91 Å². The van der Waals surface area contributed by atoms with Crippen molar-refractivity contribution in [2.24, 2.45) is 0 Å². The van der Waals surface area contributed by atoms with Crippen LogP contribution in [0.3, 0.4) is 0 Å². The molecule has 1 saturated heterocycles. The van der Waals surface area contributed by atoms with E-state index in [4.69, 9.17) is 9.47 Å². The van der Waals surface area contributed by atoms with E-state index in [1.165, 1.54) is 32.1 Å². The average molecular weight is 822 g/mol. The normalized spacial score (nSPS) is 22.5. The molecule has 0 aliphatic carbocycles. The van der Waals surface area contributed by atoms with Gasteiger partial charge in [-0.25, -0.2) is 0 Å². The highest BCUT2D eigenvalue weighted by molar-refractivity contribution is 5.80. The molecule has 1 heterocycles. The summed E-state index contributed by atoms with van der Waals surface area (Å²) in [5, 5.41) is 75.5. The number of aliphatic hydroxyl groups excluding tert-OH is 7. The van der Waals surface area contributed by atoms with Crippen molar-refractivity contribution in [3.8, 4) is 0 Å². The lowest BCUT2D eigenvalue weighted by Crippen LogP contribution is -2.60. The Morgan fingerprint density at radius 1 is 0.603 bits per heavy atom. The Labute approximate surface area is 351 Å². The van der Waals surface area contributed by atoms with Gasteiger partial charge in [-0.3, -0.25) is 4.79 Å². The van der Waals surface area contributed by atoms with Crippen molar-refractivity contribution in [1.29, 1.82) is 0 Å². The number of hydrogen-bond donors (Lipinski definition) is 8. The van der Waals surface area contributed by atoms with E-state index in [1.54, 1.807) is 0 Å². The number of amides is 1. The predicted octanol–water partition coefficient (Wildman–Crippen LogP) is 7.16. The Balaban J connectivity index is 2.53. The van der Waals surface area contributed by atoms with E-state index in [2.05, 4.69) is 79.9 Å². The van der Waals surface area contributed by atoms with Gasteiger partial charge >= 0.3 is 0 Å². The van der Waals surface area contributed by atoms with Crippen LogP contribution in [0.25, 0.3) is 0 Å². The van der Waals surface area contributed by atoms with E-state index in [0.717, 1.165) is 83.5 Å². The third kappa shape index (κ3) is 26.1. The van der Waals surface area contributed by atoms with Gasteiger partial charge < -0.3 is 50.5 Å². The molecule has 0 bridgehead atoms. The summed E-state index contributed by atoms with van der Waals surface area (Å²) in [5.74, 6) is -0.725. The van der Waals surface area contributed by atoms with Gasteiger partial charge in [0.15, 0.2) is 6.29 Å². The van der Waals surface area contributed by atoms with Gasteiger partial charge in [-0.05, 0) is 89.9 Å². The lowest BCUT2D eigenvalue weighted by molar-refractivity contribution is -0.303. The molecule has 11 heteroatoms. The molecule has 0 aromatic carbocycles. The number of hydrogen-bond acceptors (Lipinski definition) is 10. The number of unbranched alkanes of at least 4 members (excludes halogenated alkanes) is 14. The molecule has 1 fully saturated rings. The Morgan fingerprint density at radius 3 is 1.69 bits per heavy atom. The smallest absolute Gasteiger partial charge is 0.249 e. The maximum atomic E-state index is 13.1. The molecule has 11 nitrogen and oxygen atoms in total. The first-order valence-corrected chi connectivity index (χ1v) is 22.7. The fraction of sp³-hybridized carbons (Fsp3) is 0.766. The number of ether oxygens (including phenoxy) is 2. The van der Waals surface area contributed by atoms with Crippen LogP contribution in [0.1, 0.15) is 162 Å². The molecular formula is C47H83NO10. The highest BCUT2D eigenvalue weighted by Crippen LogP contribution is 2.23. The Morgan fingerprint density at radius 2 is 1.10 bits per heavy atom. The molecule has 336 valence electrons. The van der Waals surface area contributed by atoms with E-state index in [0.29, 0.717) is 19.3 Å². The SMILES string of the molecule is CCCC/C=C/CC/C=C/CC/C=C/CCCC(O)C(O)C(COC1OC(CO)C(O)C(O)C1O)NC(=O)C(O)CCCCCCCC/C=C\C/C=C\CCCCC. The van der Waals surface area contributed by atoms with Gasteiger partial charge in [0, 0.05) is 0 Å². The molecule has 1 rings (SSSR count). The molecule has 0 spiro atoms. The number of carbonyl (C=O) groups is 1. The average Bonchev–Trinajstić information content (AvgIpc) is 3.22. The summed E-state index contributed by atoms with van der Waals surface area (Å²) in [5.41, 5.74) is 0. The Kier molecular flexibility index (Phi) is 34.0. The summed E-state index contributed by atoms with van der Waals surface area (Å²) in [7, 11) is 0. The molecule has 0 aromatic rings. The largest absolute Gasteiger partial charge is 0.394 e. The van der Waals surface area contributed by atoms with Crippen LogP contribution in [0.2, 0.25) is 0 Å². The van der Waals surface area contributed by atoms with Crippen LogP contribution in [-0.4, -0.2) is 110 Å². The molecule has 1 amide bonds. The summed E-state index contributed by atoms with van der Waals surface area (Å²) in [6, 6.07) is -1.20. The van der Waals surface area contributed by atoms with Crippen LogP contribution in [0.5, 0.6) is 0 Å². The third-order valence-electron chi connectivity index (χ3n) is 10.5. The minimum atomic E-state index is -1.68. The summed E-state index contributed by atoms with van der Waals surface area (Å²) in [4.78, 5) is 13.1. The van der Waals surface area contributed by atoms with E-state index in [1.807, 2.05) is 0 Å². The quantitative estimate of drug-likeness (QED) is 0.0238. The van der Waals surface area contributed by atoms with Crippen molar-refractivity contribution in [3.05, 3.63) is 60.8 Å². The number of aliphatic hydroxyl groups is 7. The van der Waals surface area contributed by atoms with Crippen LogP contribution < -0.4 is 5.32 Å². The molecule has 9 unspecified atom stereocenters. The summed E-state index contributed by atoms with van der Waals surface area (Å²) in [6.45, 7) is 3.32. The van der Waals surface area contributed by atoms with Crippen molar-refractivity contribution in [2.45, 2.75) is 217 Å². The molecular weight excluding hydrogens is 739 g/mol. The Bertz CT molecular complexity index is 1120. The fourth-order valence-electron chi connectivity index (χ4n) is 6.66. The third-order valence-corrected chi connectivity index (χ3v) is 10.5. The van der Waals surface area contributed by atoms with Gasteiger partial charge in [0.2, 0.25) is 5.91 Å². The molecule has 0 radical (unpaired) electrons. The van der Waals surface area contributed by atoms with E-state index >= 15 is 0 Å². The minimum absolute atomic E-state index is 0.234. The zero-order valence-electron chi connectivity index (χ0n) is 36.0. The highest BCUT2D eigenvalue weighted by Gasteiger charge is 2.44. The second-order valence-corrected chi connectivity index (χ2v) is 15.7. The van der Waals surface area contributed by atoms with E-state index in [-0.39, 0.29) is 12.8 Å². The number of carbonyl (C=O) groups excluding carboxylic acids is 1. The monoisotopic (exact) mass is 822 g/mol. The van der Waals surface area contributed by atoms with Crippen molar-refractivity contribution in [2.75, 3.05) is 13.2 Å². The summed E-state index contributed by atoms with van der Waals surface area (Å²) < 4.78 is 11.1. The summed E-state index contributed by atoms with van der Waals surface area (Å²) >= 11 is 0. The van der Waals surface area contributed by atoms with Crippen molar-refractivity contribution in [3.63, 3.8) is 0 Å². The number of rotatable bonds is 36. The molecule has 1 aliphatic heterocycles. The maximum absolute atomic E-state index is 13.1. The van der Waals surface area contributed by atoms with Gasteiger partial charge in [0.25, 0.3) is 0 Å². The van der Waals surface area contributed by atoms with Gasteiger partial charge in [-0.2, -0.15) is 0 Å². The fourth-order valence-corrected chi connectivity index (χ4v) is 6.66. The van der Waals surface area contributed by atoms with E-state index < -0.39 is 74.2 Å². The predicted molar refractivity (Wildman–Crippen MR) is 233 cm³/mol. The van der Waals surface area contributed by atoms with Gasteiger partial charge in [-0.1, -0.05) is 132 Å². The second-order valence-electron chi connectivity index (χ2n) is 15.7. The first kappa shape index (κ1) is 53.8. The first-order chi connectivity index (χ1) is 28.2. The highest BCUT2D eigenvalue weighted by atomic mass is 16.7. The lowest BCUT2D eigenvalue weighted by Gasteiger charge is -2.40. The van der Waals surface area contributed by atoms with Crippen LogP contribution >= 0.6 is 0 Å². The number of allylic oxidation sites excluding steroid dienone is 10. The number of nitrogens with one attached hydrogen (secondary N) is 1. The van der Waals surface area contributed by atoms with Crippen molar-refractivity contribution in [1.82, 2.24) is 5.32 Å². The maximum Gasteiger partial charge on any atom is 0.249 e. The molecule has 9 atom stereocenters. The van der Waals surface area contributed by atoms with Crippen LogP contribution in [-0.2, 0) is 14.3 Å². The minimum Gasteiger partial charge on any atom is -0.394 e. The second kappa shape index (κ2) is 36.6. The van der Waals surface area contributed by atoms with Crippen molar-refractivity contribution < 1.29 is 50.0 Å². The zero-order chi connectivity index (χ0) is 42.6.